The van der Waals surface area contributed by atoms with Crippen LogP contribution in [0.25, 0.3) is 0 Å². The highest BCUT2D eigenvalue weighted by atomic mass is 32.1. The number of thiophene rings is 1. The molecule has 0 radical (unpaired) electrons. The molecule has 0 aliphatic carbocycles. The molecular weight excluding hydrogens is 262 g/mol. The van der Waals surface area contributed by atoms with Crippen LogP contribution < -0.4 is 5.32 Å². The van der Waals surface area contributed by atoms with Crippen molar-refractivity contribution in [3.63, 3.8) is 0 Å². The molecule has 0 bridgehead atoms. The molecule has 0 amide bonds. The largest absolute Gasteiger partial charge is 0.309 e. The number of rotatable bonds is 5. The molecule has 0 aliphatic heterocycles. The quantitative estimate of drug-likeness (QED) is 0.811. The van der Waals surface area contributed by atoms with Gasteiger partial charge in [0.05, 0.1) is 6.04 Å². The third-order valence-corrected chi connectivity index (χ3v) is 5.31. The van der Waals surface area contributed by atoms with Crippen LogP contribution in [0.3, 0.4) is 0 Å². The summed E-state index contributed by atoms with van der Waals surface area (Å²) in [5.74, 6) is 0. The van der Waals surface area contributed by atoms with Crippen molar-refractivity contribution in [1.29, 1.82) is 0 Å². The maximum Gasteiger partial charge on any atom is 0.0668 e. The first kappa shape index (κ1) is 15.3. The van der Waals surface area contributed by atoms with Crippen molar-refractivity contribution in [3.05, 3.63) is 57.3 Å². The van der Waals surface area contributed by atoms with Crippen LogP contribution in [0, 0.1) is 6.92 Å². The van der Waals surface area contributed by atoms with Crippen LogP contribution in [0.4, 0.5) is 0 Å². The van der Waals surface area contributed by atoms with E-state index in [9.17, 15) is 0 Å². The van der Waals surface area contributed by atoms with E-state index in [1.165, 1.54) is 20.9 Å². The van der Waals surface area contributed by atoms with E-state index in [4.69, 9.17) is 0 Å². The summed E-state index contributed by atoms with van der Waals surface area (Å²) in [6, 6.07) is 13.8. The third-order valence-electron chi connectivity index (χ3n) is 4.24. The summed E-state index contributed by atoms with van der Waals surface area (Å²) in [7, 11) is 2.03. The Bertz CT molecular complexity index is 551. The lowest BCUT2D eigenvalue weighted by atomic mass is 9.82. The van der Waals surface area contributed by atoms with Crippen LogP contribution in [0.2, 0.25) is 0 Å². The second-order valence-electron chi connectivity index (χ2n) is 6.03. The molecule has 0 saturated carbocycles. The van der Waals surface area contributed by atoms with E-state index in [0.717, 1.165) is 6.42 Å². The minimum absolute atomic E-state index is 0.257. The predicted molar refractivity (Wildman–Crippen MR) is 89.7 cm³/mol. The summed E-state index contributed by atoms with van der Waals surface area (Å²) >= 11 is 1.87. The van der Waals surface area contributed by atoms with Gasteiger partial charge in [0.25, 0.3) is 0 Å². The average molecular weight is 287 g/mol. The van der Waals surface area contributed by atoms with Gasteiger partial charge in [-0.25, -0.2) is 0 Å². The monoisotopic (exact) mass is 287 g/mol. The lowest BCUT2D eigenvalue weighted by Gasteiger charge is -2.24. The standard InChI is InChI=1S/C18H25NS/c1-6-18(3,4)15-10-8-14(9-11-15)17(19-5)16-12-7-13(2)20-16/h7-12,17,19H,6H2,1-5H3. The van der Waals surface area contributed by atoms with Crippen LogP contribution in [0.1, 0.15) is 54.1 Å². The van der Waals surface area contributed by atoms with Crippen LogP contribution in [-0.2, 0) is 5.41 Å². The molecule has 1 unspecified atom stereocenters. The third kappa shape index (κ3) is 3.13. The Kier molecular flexibility index (Phi) is 4.66. The van der Waals surface area contributed by atoms with Gasteiger partial charge in [-0.1, -0.05) is 45.0 Å². The lowest BCUT2D eigenvalue weighted by Crippen LogP contribution is -2.18. The highest BCUT2D eigenvalue weighted by Gasteiger charge is 2.19. The van der Waals surface area contributed by atoms with Crippen molar-refractivity contribution in [2.75, 3.05) is 7.05 Å². The maximum absolute atomic E-state index is 3.43. The number of aryl methyl sites for hydroxylation is 1. The second kappa shape index (κ2) is 6.11. The van der Waals surface area contributed by atoms with E-state index in [1.54, 1.807) is 0 Å². The molecule has 1 nitrogen and oxygen atoms in total. The van der Waals surface area contributed by atoms with Crippen molar-refractivity contribution in [3.8, 4) is 0 Å². The fraction of sp³-hybridized carbons (Fsp3) is 0.444. The van der Waals surface area contributed by atoms with E-state index < -0.39 is 0 Å². The first-order valence-corrected chi connectivity index (χ1v) is 8.13. The molecule has 1 atom stereocenters. The minimum atomic E-state index is 0.257. The van der Waals surface area contributed by atoms with Gasteiger partial charge in [-0.2, -0.15) is 0 Å². The van der Waals surface area contributed by atoms with Crippen LogP contribution in [-0.4, -0.2) is 7.05 Å². The van der Waals surface area contributed by atoms with E-state index in [0.29, 0.717) is 6.04 Å². The first-order valence-electron chi connectivity index (χ1n) is 7.32. The van der Waals surface area contributed by atoms with Gasteiger partial charge in [0.2, 0.25) is 0 Å². The van der Waals surface area contributed by atoms with Gasteiger partial charge in [-0.05, 0) is 49.1 Å². The van der Waals surface area contributed by atoms with Gasteiger partial charge < -0.3 is 5.32 Å². The lowest BCUT2D eigenvalue weighted by molar-refractivity contribution is 0.506. The Morgan fingerprint density at radius 1 is 1.10 bits per heavy atom. The number of hydrogen-bond donors (Lipinski definition) is 1. The normalized spacial score (nSPS) is 13.4. The Morgan fingerprint density at radius 3 is 2.20 bits per heavy atom. The topological polar surface area (TPSA) is 12.0 Å². The highest BCUT2D eigenvalue weighted by molar-refractivity contribution is 7.12. The SMILES string of the molecule is CCC(C)(C)c1ccc(C(NC)c2ccc(C)s2)cc1. The molecule has 1 aromatic carbocycles. The van der Waals surface area contributed by atoms with E-state index >= 15 is 0 Å². The Labute approximate surface area is 127 Å². The molecule has 1 aromatic heterocycles. The Hall–Kier alpha value is -1.12. The zero-order chi connectivity index (χ0) is 14.8. The summed E-state index contributed by atoms with van der Waals surface area (Å²) in [4.78, 5) is 2.75. The van der Waals surface area contributed by atoms with Crippen molar-refractivity contribution in [2.24, 2.45) is 0 Å². The minimum Gasteiger partial charge on any atom is -0.309 e. The Balaban J connectivity index is 2.28. The molecule has 2 aromatic rings. The molecule has 108 valence electrons. The fourth-order valence-corrected chi connectivity index (χ4v) is 3.43. The van der Waals surface area contributed by atoms with E-state index in [-0.39, 0.29) is 5.41 Å². The fourth-order valence-electron chi connectivity index (χ4n) is 2.41. The highest BCUT2D eigenvalue weighted by Crippen LogP contribution is 2.31. The molecule has 0 fully saturated rings. The van der Waals surface area contributed by atoms with Crippen molar-refractivity contribution in [2.45, 2.75) is 45.6 Å². The van der Waals surface area contributed by atoms with Gasteiger partial charge in [0.1, 0.15) is 0 Å². The molecule has 20 heavy (non-hydrogen) atoms. The van der Waals surface area contributed by atoms with Crippen LogP contribution in [0.15, 0.2) is 36.4 Å². The molecule has 2 rings (SSSR count). The summed E-state index contributed by atoms with van der Waals surface area (Å²) in [6.45, 7) is 9.02. The maximum atomic E-state index is 3.43. The zero-order valence-electron chi connectivity index (χ0n) is 13.2. The van der Waals surface area contributed by atoms with Gasteiger partial charge in [0.15, 0.2) is 0 Å². The molecule has 0 aliphatic rings. The van der Waals surface area contributed by atoms with Crippen LogP contribution in [0.5, 0.6) is 0 Å². The number of hydrogen-bond acceptors (Lipinski definition) is 2. The summed E-state index contributed by atoms with van der Waals surface area (Å²) < 4.78 is 0. The summed E-state index contributed by atoms with van der Waals surface area (Å²) in [5, 5.41) is 3.43. The summed E-state index contributed by atoms with van der Waals surface area (Å²) in [5.41, 5.74) is 3.01. The van der Waals surface area contributed by atoms with E-state index in [1.807, 2.05) is 18.4 Å². The number of benzene rings is 1. The van der Waals surface area contributed by atoms with Crippen LogP contribution >= 0.6 is 11.3 Å². The van der Waals surface area contributed by atoms with E-state index in [2.05, 4.69) is 69.4 Å². The number of nitrogens with one attached hydrogen (secondary N) is 1. The smallest absolute Gasteiger partial charge is 0.0668 e. The van der Waals surface area contributed by atoms with Crippen molar-refractivity contribution < 1.29 is 0 Å². The molecule has 1 N–H and O–H groups in total. The van der Waals surface area contributed by atoms with Gasteiger partial charge >= 0.3 is 0 Å². The van der Waals surface area contributed by atoms with Gasteiger partial charge in [-0.15, -0.1) is 11.3 Å². The molecule has 0 spiro atoms. The Morgan fingerprint density at radius 2 is 1.75 bits per heavy atom. The zero-order valence-corrected chi connectivity index (χ0v) is 14.0. The van der Waals surface area contributed by atoms with Gasteiger partial charge in [0, 0.05) is 9.75 Å². The van der Waals surface area contributed by atoms with Crippen molar-refractivity contribution in [1.82, 2.24) is 5.32 Å². The van der Waals surface area contributed by atoms with Crippen molar-refractivity contribution >= 4 is 11.3 Å². The second-order valence-corrected chi connectivity index (χ2v) is 7.35. The summed E-state index contributed by atoms with van der Waals surface area (Å²) in [6.07, 6.45) is 1.16. The average Bonchev–Trinajstić information content (AvgIpc) is 2.87. The molecule has 2 heteroatoms. The molecule has 1 heterocycles. The van der Waals surface area contributed by atoms with Gasteiger partial charge in [-0.3, -0.25) is 0 Å². The molecule has 0 saturated heterocycles. The first-order chi connectivity index (χ1) is 9.47. The predicted octanol–water partition coefficient (Wildman–Crippen LogP) is 5.05. The molecular formula is C18H25NS.